The van der Waals surface area contributed by atoms with Crippen molar-refractivity contribution < 1.29 is 9.53 Å². The van der Waals surface area contributed by atoms with Crippen LogP contribution in [0.1, 0.15) is 38.1 Å². The molecule has 0 aliphatic heterocycles. The molecule has 3 heterocycles. The van der Waals surface area contributed by atoms with Gasteiger partial charge in [0.1, 0.15) is 17.9 Å². The van der Waals surface area contributed by atoms with Crippen molar-refractivity contribution in [2.24, 2.45) is 0 Å². The third-order valence-corrected chi connectivity index (χ3v) is 5.72. The number of aromatic amines is 2. The molecule has 5 rings (SSSR count). The second-order valence-corrected chi connectivity index (χ2v) is 8.73. The first-order chi connectivity index (χ1) is 17.4. The minimum absolute atomic E-state index is 0.0403. The van der Waals surface area contributed by atoms with Crippen LogP contribution in [-0.4, -0.2) is 52.8 Å². The molecule has 0 fully saturated rings. The molecule has 3 aromatic heterocycles. The van der Waals surface area contributed by atoms with Crippen LogP contribution in [0.3, 0.4) is 0 Å². The van der Waals surface area contributed by atoms with E-state index in [4.69, 9.17) is 4.74 Å². The highest BCUT2D eigenvalue weighted by atomic mass is 16.5. The Balaban J connectivity index is 1.52. The highest BCUT2D eigenvalue weighted by Crippen LogP contribution is 2.30. The van der Waals surface area contributed by atoms with E-state index in [1.807, 2.05) is 66.9 Å². The Morgan fingerprint density at radius 3 is 2.47 bits per heavy atom. The molecule has 0 radical (unpaired) electrons. The summed E-state index contributed by atoms with van der Waals surface area (Å²) in [6.45, 7) is 5.72. The van der Waals surface area contributed by atoms with Gasteiger partial charge in [0, 0.05) is 18.0 Å². The standard InChI is InChI=1S/C25H24N8O3/c1-14(2)23-26-20-21(24(35)29-30-25(20)36-13-15(3)34)33(23)12-16-8-10-17(11-9-16)18-6-4-5-7-19(18)22-27-31-32-28-22/h4-11,14H,12-13H2,1-3H3,(H,29,35)(H,27,28,31,32). The van der Waals surface area contributed by atoms with Crippen molar-refractivity contribution in [1.29, 1.82) is 0 Å². The van der Waals surface area contributed by atoms with Crippen molar-refractivity contribution in [3.05, 3.63) is 70.3 Å². The second kappa shape index (κ2) is 9.53. The summed E-state index contributed by atoms with van der Waals surface area (Å²) < 4.78 is 7.40. The third-order valence-electron chi connectivity index (χ3n) is 5.72. The summed E-state index contributed by atoms with van der Waals surface area (Å²) in [5.74, 6) is 1.27. The summed E-state index contributed by atoms with van der Waals surface area (Å²) in [6.07, 6.45) is 0. The molecule has 11 nitrogen and oxygen atoms in total. The van der Waals surface area contributed by atoms with Crippen LogP contribution in [0.2, 0.25) is 0 Å². The lowest BCUT2D eigenvalue weighted by Crippen LogP contribution is -2.17. The fourth-order valence-corrected chi connectivity index (χ4v) is 4.11. The van der Waals surface area contributed by atoms with Gasteiger partial charge in [-0.2, -0.15) is 5.21 Å². The number of H-pyrrole nitrogens is 2. The van der Waals surface area contributed by atoms with E-state index in [0.29, 0.717) is 23.4 Å². The van der Waals surface area contributed by atoms with Crippen molar-refractivity contribution >= 4 is 16.8 Å². The topological polar surface area (TPSA) is 144 Å². The Morgan fingerprint density at radius 1 is 1.06 bits per heavy atom. The number of nitrogens with zero attached hydrogens (tertiary/aromatic N) is 6. The SMILES string of the molecule is CC(=O)COc1n[nH]c(=O)c2c1nc(C(C)C)n2Cc1ccc(-c2ccccc2-c2nn[nH]n2)cc1. The normalized spacial score (nSPS) is 11.3. The number of ketones is 1. The van der Waals surface area contributed by atoms with Crippen LogP contribution >= 0.6 is 0 Å². The number of carbonyl (C=O) groups excluding carboxylic acids is 1. The fraction of sp³-hybridized carbons (Fsp3) is 0.240. The van der Waals surface area contributed by atoms with Gasteiger partial charge in [-0.15, -0.1) is 15.3 Å². The van der Waals surface area contributed by atoms with E-state index >= 15 is 0 Å². The molecule has 0 aliphatic rings. The van der Waals surface area contributed by atoms with E-state index in [-0.39, 0.29) is 29.7 Å². The van der Waals surface area contributed by atoms with Gasteiger partial charge in [0.05, 0.1) is 0 Å². The van der Waals surface area contributed by atoms with E-state index in [1.54, 1.807) is 0 Å². The zero-order valence-electron chi connectivity index (χ0n) is 20.0. The average molecular weight is 485 g/mol. The third kappa shape index (κ3) is 4.38. The van der Waals surface area contributed by atoms with Gasteiger partial charge in [-0.25, -0.2) is 10.1 Å². The van der Waals surface area contributed by atoms with Crippen LogP contribution in [0.4, 0.5) is 0 Å². The number of nitrogens with one attached hydrogen (secondary N) is 2. The van der Waals surface area contributed by atoms with Crippen LogP contribution in [0.25, 0.3) is 33.5 Å². The van der Waals surface area contributed by atoms with E-state index in [0.717, 1.165) is 28.1 Å². The molecule has 0 saturated heterocycles. The summed E-state index contributed by atoms with van der Waals surface area (Å²) in [5, 5.41) is 20.8. The van der Waals surface area contributed by atoms with Crippen molar-refractivity contribution in [3.63, 3.8) is 0 Å². The number of rotatable bonds is 8. The number of hydrogen-bond donors (Lipinski definition) is 2. The van der Waals surface area contributed by atoms with Crippen LogP contribution in [0.5, 0.6) is 5.88 Å². The Kier molecular flexibility index (Phi) is 6.11. The number of fused-ring (bicyclic) bond motifs is 1. The summed E-state index contributed by atoms with van der Waals surface area (Å²) in [5.41, 5.74) is 4.17. The number of Topliss-reactive ketones (excluding diaryl/α,β-unsaturated/α-hetero) is 1. The van der Waals surface area contributed by atoms with Gasteiger partial charge in [0.25, 0.3) is 11.4 Å². The quantitative estimate of drug-likeness (QED) is 0.342. The van der Waals surface area contributed by atoms with Gasteiger partial charge in [0.2, 0.25) is 5.82 Å². The molecular formula is C25H24N8O3. The number of ether oxygens (including phenoxy) is 1. The largest absolute Gasteiger partial charge is 0.467 e. The molecule has 2 aromatic carbocycles. The van der Waals surface area contributed by atoms with Crippen molar-refractivity contribution in [1.82, 2.24) is 40.4 Å². The summed E-state index contributed by atoms with van der Waals surface area (Å²) in [4.78, 5) is 28.9. The van der Waals surface area contributed by atoms with Crippen LogP contribution in [-0.2, 0) is 11.3 Å². The van der Waals surface area contributed by atoms with Gasteiger partial charge in [-0.1, -0.05) is 62.4 Å². The lowest BCUT2D eigenvalue weighted by molar-refractivity contribution is -0.118. The first-order valence-electron chi connectivity index (χ1n) is 11.5. The molecule has 0 amide bonds. The smallest absolute Gasteiger partial charge is 0.290 e. The number of imidazole rings is 1. The van der Waals surface area contributed by atoms with Crippen molar-refractivity contribution in [2.45, 2.75) is 33.2 Å². The van der Waals surface area contributed by atoms with E-state index in [2.05, 4.69) is 35.8 Å². The molecule has 11 heteroatoms. The lowest BCUT2D eigenvalue weighted by Gasteiger charge is -2.12. The maximum atomic E-state index is 12.8. The predicted octanol–water partition coefficient (Wildman–Crippen LogP) is 3.11. The predicted molar refractivity (Wildman–Crippen MR) is 133 cm³/mol. The summed E-state index contributed by atoms with van der Waals surface area (Å²) >= 11 is 0. The zero-order valence-corrected chi connectivity index (χ0v) is 20.0. The molecule has 0 aliphatic carbocycles. The number of aromatic nitrogens is 8. The minimum atomic E-state index is -0.370. The van der Waals surface area contributed by atoms with E-state index in [1.165, 1.54) is 6.92 Å². The fourth-order valence-electron chi connectivity index (χ4n) is 4.11. The summed E-state index contributed by atoms with van der Waals surface area (Å²) in [6, 6.07) is 15.9. The molecule has 0 unspecified atom stereocenters. The van der Waals surface area contributed by atoms with Gasteiger partial charge >= 0.3 is 0 Å². The van der Waals surface area contributed by atoms with Crippen molar-refractivity contribution in [3.8, 4) is 28.4 Å². The first kappa shape index (κ1) is 23.1. The number of benzene rings is 2. The Hall–Kier alpha value is -4.67. The van der Waals surface area contributed by atoms with Gasteiger partial charge < -0.3 is 9.30 Å². The molecule has 5 aromatic rings. The van der Waals surface area contributed by atoms with Gasteiger partial charge in [-0.05, 0) is 28.8 Å². The molecule has 0 atom stereocenters. The minimum Gasteiger partial charge on any atom is -0.467 e. The Morgan fingerprint density at radius 2 is 1.81 bits per heavy atom. The number of carbonyl (C=O) groups is 1. The van der Waals surface area contributed by atoms with E-state index < -0.39 is 0 Å². The maximum Gasteiger partial charge on any atom is 0.290 e. The van der Waals surface area contributed by atoms with Crippen LogP contribution in [0.15, 0.2) is 53.3 Å². The lowest BCUT2D eigenvalue weighted by atomic mass is 9.98. The summed E-state index contributed by atoms with van der Waals surface area (Å²) in [7, 11) is 0. The molecule has 2 N–H and O–H groups in total. The first-order valence-corrected chi connectivity index (χ1v) is 11.5. The monoisotopic (exact) mass is 484 g/mol. The molecule has 0 saturated carbocycles. The molecule has 0 bridgehead atoms. The number of hydrogen-bond acceptors (Lipinski definition) is 8. The highest BCUT2D eigenvalue weighted by molar-refractivity contribution is 5.82. The van der Waals surface area contributed by atoms with Gasteiger partial charge in [0.15, 0.2) is 11.3 Å². The van der Waals surface area contributed by atoms with Crippen molar-refractivity contribution in [2.75, 3.05) is 6.61 Å². The highest BCUT2D eigenvalue weighted by Gasteiger charge is 2.21. The zero-order chi connectivity index (χ0) is 25.2. The Bertz CT molecular complexity index is 1580. The van der Waals surface area contributed by atoms with Gasteiger partial charge in [-0.3, -0.25) is 9.59 Å². The Labute approximate surface area is 205 Å². The number of tetrazole rings is 1. The van der Waals surface area contributed by atoms with Crippen LogP contribution < -0.4 is 10.3 Å². The maximum absolute atomic E-state index is 12.8. The molecule has 36 heavy (non-hydrogen) atoms. The average Bonchev–Trinajstić information content (AvgIpc) is 3.53. The van der Waals surface area contributed by atoms with Crippen LogP contribution in [0, 0.1) is 0 Å². The van der Waals surface area contributed by atoms with E-state index in [9.17, 15) is 9.59 Å². The molecular weight excluding hydrogens is 460 g/mol. The molecule has 182 valence electrons. The second-order valence-electron chi connectivity index (χ2n) is 8.73. The molecule has 0 spiro atoms.